The van der Waals surface area contributed by atoms with Crippen molar-refractivity contribution in [2.45, 2.75) is 34.1 Å². The second-order valence-electron chi connectivity index (χ2n) is 6.26. The molecule has 21 heavy (non-hydrogen) atoms. The number of esters is 2. The molecule has 0 bridgehead atoms. The third-order valence-corrected chi connectivity index (χ3v) is 4.86. The zero-order valence-electron chi connectivity index (χ0n) is 13.2. The molecule has 1 aliphatic heterocycles. The zero-order chi connectivity index (χ0) is 15.7. The molecule has 0 aromatic rings. The number of allylic oxidation sites excluding steroid dienone is 2. The predicted octanol–water partition coefficient (Wildman–Crippen LogP) is 2.89. The molecule has 0 radical (unpaired) electrons. The average Bonchev–Trinajstić information content (AvgIpc) is 2.79. The second-order valence-corrected chi connectivity index (χ2v) is 6.26. The van der Waals surface area contributed by atoms with E-state index in [-0.39, 0.29) is 24.5 Å². The third-order valence-electron chi connectivity index (χ3n) is 4.86. The van der Waals surface area contributed by atoms with Gasteiger partial charge in [0.2, 0.25) is 0 Å². The maximum absolute atomic E-state index is 12.4. The lowest BCUT2D eigenvalue weighted by Crippen LogP contribution is -2.24. The molecule has 0 unspecified atom stereocenters. The Kier molecular flexibility index (Phi) is 4.26. The van der Waals surface area contributed by atoms with E-state index in [1.165, 1.54) is 0 Å². The molecule has 1 spiro atoms. The van der Waals surface area contributed by atoms with Crippen molar-refractivity contribution in [2.24, 2.45) is 22.7 Å². The van der Waals surface area contributed by atoms with Crippen LogP contribution in [-0.2, 0) is 19.1 Å². The number of carbonyl (C=O) groups is 2. The summed E-state index contributed by atoms with van der Waals surface area (Å²) in [4.78, 5) is 24.6. The summed E-state index contributed by atoms with van der Waals surface area (Å²) >= 11 is 0. The van der Waals surface area contributed by atoms with E-state index < -0.39 is 16.7 Å². The molecule has 2 rings (SSSR count). The fraction of sp³-hybridized carbons (Fsp3) is 0.647. The Bertz CT molecular complexity index is 489. The molecule has 2 fully saturated rings. The Morgan fingerprint density at radius 2 is 2.14 bits per heavy atom. The van der Waals surface area contributed by atoms with Gasteiger partial charge in [0.15, 0.2) is 0 Å². The van der Waals surface area contributed by atoms with E-state index in [9.17, 15) is 9.59 Å². The van der Waals surface area contributed by atoms with Crippen molar-refractivity contribution >= 4 is 11.9 Å². The first kappa shape index (κ1) is 15.8. The van der Waals surface area contributed by atoms with Gasteiger partial charge in [0.05, 0.1) is 17.9 Å². The fourth-order valence-electron chi connectivity index (χ4n) is 3.81. The minimum atomic E-state index is -0.745. The highest BCUT2D eigenvalue weighted by Gasteiger charge is 2.84. The highest BCUT2D eigenvalue weighted by molar-refractivity contribution is 5.95. The van der Waals surface area contributed by atoms with Crippen molar-refractivity contribution in [3.05, 3.63) is 24.3 Å². The van der Waals surface area contributed by atoms with Crippen LogP contribution in [0.5, 0.6) is 0 Å². The van der Waals surface area contributed by atoms with Gasteiger partial charge in [-0.1, -0.05) is 45.1 Å². The van der Waals surface area contributed by atoms with Crippen LogP contribution in [0.25, 0.3) is 0 Å². The van der Waals surface area contributed by atoms with Crippen LogP contribution in [0.15, 0.2) is 24.3 Å². The molecule has 2 aliphatic rings. The van der Waals surface area contributed by atoms with Crippen molar-refractivity contribution in [3.8, 4) is 0 Å². The Hall–Kier alpha value is -1.58. The smallest absolute Gasteiger partial charge is 0.314 e. The van der Waals surface area contributed by atoms with Gasteiger partial charge in [0, 0.05) is 5.92 Å². The molecule has 3 atom stereocenters. The normalized spacial score (nSPS) is 33.8. The van der Waals surface area contributed by atoms with Gasteiger partial charge in [-0.25, -0.2) is 0 Å². The molecular formula is C17H24O4. The van der Waals surface area contributed by atoms with Crippen LogP contribution >= 0.6 is 0 Å². The predicted molar refractivity (Wildman–Crippen MR) is 79.4 cm³/mol. The summed E-state index contributed by atoms with van der Waals surface area (Å²) < 4.78 is 10.6. The topological polar surface area (TPSA) is 52.6 Å². The van der Waals surface area contributed by atoms with Crippen molar-refractivity contribution in [1.82, 2.24) is 0 Å². The van der Waals surface area contributed by atoms with Gasteiger partial charge in [0.25, 0.3) is 0 Å². The van der Waals surface area contributed by atoms with Crippen LogP contribution in [0.3, 0.4) is 0 Å². The van der Waals surface area contributed by atoms with Crippen LogP contribution < -0.4 is 0 Å². The number of cyclic esters (lactones) is 1. The van der Waals surface area contributed by atoms with Gasteiger partial charge < -0.3 is 9.47 Å². The maximum atomic E-state index is 12.4. The van der Waals surface area contributed by atoms with Crippen LogP contribution in [0.4, 0.5) is 0 Å². The summed E-state index contributed by atoms with van der Waals surface area (Å²) in [6, 6.07) is 0. The molecule has 1 aliphatic carbocycles. The lowest BCUT2D eigenvalue weighted by atomic mass is 9.84. The van der Waals surface area contributed by atoms with Crippen molar-refractivity contribution in [2.75, 3.05) is 13.2 Å². The first-order valence-electron chi connectivity index (χ1n) is 7.56. The van der Waals surface area contributed by atoms with E-state index in [0.717, 1.165) is 6.42 Å². The molecule has 0 amide bonds. The van der Waals surface area contributed by atoms with Gasteiger partial charge >= 0.3 is 11.9 Å². The van der Waals surface area contributed by atoms with Crippen molar-refractivity contribution < 1.29 is 19.1 Å². The third kappa shape index (κ3) is 2.21. The number of ether oxygens (including phenoxy) is 2. The van der Waals surface area contributed by atoms with Gasteiger partial charge in [-0.3, -0.25) is 9.59 Å². The quantitative estimate of drug-likeness (QED) is 0.577. The number of hydrogen-bond donors (Lipinski definition) is 0. The Balaban J connectivity index is 2.15. The standard InChI is InChI=1S/C17H24O4/c1-5-7-8-10-20-14(18)13-16(3,4)17(13)12(9-6-2)11-21-15(17)19/h6-9,12-13H,5,10-11H2,1-4H3/b8-7-,9-6+/t12-,13+,17+/m0/s1. The van der Waals surface area contributed by atoms with E-state index in [2.05, 4.69) is 0 Å². The first-order valence-corrected chi connectivity index (χ1v) is 7.56. The molecule has 4 nitrogen and oxygen atoms in total. The van der Waals surface area contributed by atoms with Crippen LogP contribution in [0, 0.1) is 22.7 Å². The highest BCUT2D eigenvalue weighted by Crippen LogP contribution is 2.75. The lowest BCUT2D eigenvalue weighted by molar-refractivity contribution is -0.150. The minimum Gasteiger partial charge on any atom is -0.465 e. The van der Waals surface area contributed by atoms with E-state index in [1.807, 2.05) is 52.0 Å². The fourth-order valence-corrected chi connectivity index (χ4v) is 3.81. The summed E-state index contributed by atoms with van der Waals surface area (Å²) in [5, 5.41) is 0. The van der Waals surface area contributed by atoms with E-state index >= 15 is 0 Å². The van der Waals surface area contributed by atoms with Gasteiger partial charge in [-0.2, -0.15) is 0 Å². The lowest BCUT2D eigenvalue weighted by Gasteiger charge is -2.13. The SMILES string of the molecule is C/C=C/[C@H]1COC(=O)[C@]12[C@H](C(=O)OC/C=C\CC)C2(C)C. The summed E-state index contributed by atoms with van der Waals surface area (Å²) in [7, 11) is 0. The minimum absolute atomic E-state index is 0.0475. The zero-order valence-corrected chi connectivity index (χ0v) is 13.2. The summed E-state index contributed by atoms with van der Waals surface area (Å²) in [6.07, 6.45) is 8.57. The van der Waals surface area contributed by atoms with E-state index in [1.54, 1.807) is 0 Å². The summed E-state index contributed by atoms with van der Waals surface area (Å²) in [6.45, 7) is 8.45. The maximum Gasteiger partial charge on any atom is 0.314 e. The first-order chi connectivity index (χ1) is 9.94. The molecule has 1 heterocycles. The molecular weight excluding hydrogens is 268 g/mol. The number of rotatable bonds is 5. The van der Waals surface area contributed by atoms with Crippen molar-refractivity contribution in [1.29, 1.82) is 0 Å². The van der Waals surface area contributed by atoms with Gasteiger partial charge in [-0.15, -0.1) is 0 Å². The van der Waals surface area contributed by atoms with Crippen LogP contribution in [0.1, 0.15) is 34.1 Å². The summed E-state index contributed by atoms with van der Waals surface area (Å²) in [5.74, 6) is -1.03. The highest BCUT2D eigenvalue weighted by atomic mass is 16.5. The van der Waals surface area contributed by atoms with Crippen LogP contribution in [-0.4, -0.2) is 25.2 Å². The van der Waals surface area contributed by atoms with E-state index in [0.29, 0.717) is 6.61 Å². The van der Waals surface area contributed by atoms with Crippen molar-refractivity contribution in [3.63, 3.8) is 0 Å². The average molecular weight is 292 g/mol. The number of hydrogen-bond acceptors (Lipinski definition) is 4. The molecule has 0 aromatic heterocycles. The van der Waals surface area contributed by atoms with Gasteiger partial charge in [-0.05, 0) is 18.8 Å². The van der Waals surface area contributed by atoms with E-state index in [4.69, 9.17) is 9.47 Å². The molecule has 116 valence electrons. The molecule has 1 saturated carbocycles. The van der Waals surface area contributed by atoms with Crippen LogP contribution in [0.2, 0.25) is 0 Å². The Morgan fingerprint density at radius 1 is 1.43 bits per heavy atom. The summed E-state index contributed by atoms with van der Waals surface area (Å²) in [5.41, 5.74) is -1.17. The Labute approximate surface area is 126 Å². The molecule has 4 heteroatoms. The molecule has 0 aromatic carbocycles. The second kappa shape index (κ2) is 5.66. The van der Waals surface area contributed by atoms with Gasteiger partial charge in [0.1, 0.15) is 6.61 Å². The number of carbonyl (C=O) groups excluding carboxylic acids is 2. The monoisotopic (exact) mass is 292 g/mol. The Morgan fingerprint density at radius 3 is 2.76 bits per heavy atom. The molecule has 0 N–H and O–H groups in total. The molecule has 1 saturated heterocycles. The largest absolute Gasteiger partial charge is 0.465 e.